The summed E-state index contributed by atoms with van der Waals surface area (Å²) in [5.74, 6) is 0. The third-order valence-corrected chi connectivity index (χ3v) is 8.17. The first-order valence-electron chi connectivity index (χ1n) is 11.5. The third-order valence-electron chi connectivity index (χ3n) is 6.28. The Hall–Kier alpha value is -2.90. The van der Waals surface area contributed by atoms with Gasteiger partial charge >= 0.3 is 0 Å². The molecule has 3 aromatic rings. The molecule has 0 aliphatic carbocycles. The minimum atomic E-state index is -2.32. The zero-order chi connectivity index (χ0) is 25.5. The van der Waals surface area contributed by atoms with Gasteiger partial charge in [-0.05, 0) is 95.7 Å². The summed E-state index contributed by atoms with van der Waals surface area (Å²) in [4.78, 5) is 42.3. The van der Waals surface area contributed by atoms with E-state index in [0.29, 0.717) is 16.7 Å². The molecule has 0 unspecified atom stereocenters. The Labute approximate surface area is 204 Å². The quantitative estimate of drug-likeness (QED) is 0.344. The first-order chi connectivity index (χ1) is 15.8. The van der Waals surface area contributed by atoms with Crippen molar-refractivity contribution in [3.05, 3.63) is 103 Å². The molecule has 0 saturated heterocycles. The third kappa shape index (κ3) is 4.81. The summed E-state index contributed by atoms with van der Waals surface area (Å²) in [6.45, 7) is 17.2. The number of benzene rings is 3. The predicted molar refractivity (Wildman–Crippen MR) is 142 cm³/mol. The molecular weight excluding hydrogens is 439 g/mol. The Morgan fingerprint density at radius 1 is 0.412 bits per heavy atom. The highest BCUT2D eigenvalue weighted by Crippen LogP contribution is 2.49. The molecule has 0 aliphatic rings. The summed E-state index contributed by atoms with van der Waals surface area (Å²) < 4.78 is 0. The molecule has 0 radical (unpaired) electrons. The summed E-state index contributed by atoms with van der Waals surface area (Å²) in [5, 5.41) is 0. The van der Waals surface area contributed by atoms with Gasteiger partial charge in [-0.3, -0.25) is 14.4 Å². The number of carbonyl (C=O) groups is 3. The fourth-order valence-corrected chi connectivity index (χ4v) is 7.45. The number of aryl methyl sites for hydroxylation is 9. The maximum Gasteiger partial charge on any atom is 0.200 e. The van der Waals surface area contributed by atoms with Crippen molar-refractivity contribution in [1.29, 1.82) is 0 Å². The number of hydrogen-bond acceptors (Lipinski definition) is 3. The topological polar surface area (TPSA) is 51.2 Å². The van der Waals surface area contributed by atoms with Gasteiger partial charge in [-0.2, -0.15) is 0 Å². The highest BCUT2D eigenvalue weighted by Gasteiger charge is 2.39. The standard InChI is InChI=1S/C30H33O3P/c1-16-10-19(4)25(20(5)11-16)28(31)34(29(32)26-21(6)12-17(2)13-22(26)7)30(33)27-23(8)14-18(3)15-24(27)9/h10-15H,1-9H3. The first-order valence-corrected chi connectivity index (χ1v) is 12.8. The number of carbonyl (C=O) groups excluding carboxylic acids is 3. The van der Waals surface area contributed by atoms with Crippen LogP contribution >= 0.6 is 7.92 Å². The van der Waals surface area contributed by atoms with E-state index in [2.05, 4.69) is 0 Å². The average Bonchev–Trinajstić information content (AvgIpc) is 2.65. The fraction of sp³-hybridized carbons (Fsp3) is 0.300. The van der Waals surface area contributed by atoms with Gasteiger partial charge in [0.2, 0.25) is 16.6 Å². The molecule has 3 rings (SSSR count). The molecule has 0 fully saturated rings. The zero-order valence-corrected chi connectivity index (χ0v) is 22.5. The second-order valence-electron chi connectivity index (χ2n) is 9.57. The summed E-state index contributed by atoms with van der Waals surface area (Å²) in [5.41, 5.74) is 8.30. The van der Waals surface area contributed by atoms with E-state index in [1.165, 1.54) is 0 Å². The van der Waals surface area contributed by atoms with Crippen LogP contribution in [0.15, 0.2) is 36.4 Å². The molecule has 3 aromatic carbocycles. The Morgan fingerprint density at radius 2 is 0.588 bits per heavy atom. The summed E-state index contributed by atoms with van der Waals surface area (Å²) in [6.07, 6.45) is 0. The monoisotopic (exact) mass is 472 g/mol. The Balaban J connectivity index is 2.28. The smallest absolute Gasteiger partial charge is 0.200 e. The van der Waals surface area contributed by atoms with Crippen molar-refractivity contribution in [3.63, 3.8) is 0 Å². The van der Waals surface area contributed by atoms with Crippen molar-refractivity contribution >= 4 is 24.5 Å². The van der Waals surface area contributed by atoms with Gasteiger partial charge in [0, 0.05) is 16.7 Å². The molecular formula is C30H33O3P. The van der Waals surface area contributed by atoms with Crippen LogP contribution in [0.1, 0.15) is 81.1 Å². The molecule has 0 amide bonds. The maximum atomic E-state index is 14.1. The molecule has 0 saturated carbocycles. The lowest BCUT2D eigenvalue weighted by Gasteiger charge is -2.21. The Bertz CT molecular complexity index is 1110. The van der Waals surface area contributed by atoms with Crippen LogP contribution in [0.4, 0.5) is 0 Å². The van der Waals surface area contributed by atoms with E-state index in [-0.39, 0.29) is 16.6 Å². The van der Waals surface area contributed by atoms with Crippen LogP contribution < -0.4 is 0 Å². The van der Waals surface area contributed by atoms with Gasteiger partial charge in [-0.15, -0.1) is 0 Å². The SMILES string of the molecule is Cc1cc(C)c(C(=O)P(C(=O)c2c(C)cc(C)cc2C)C(=O)c2c(C)cc(C)cc2C)c(C)c1. The van der Waals surface area contributed by atoms with Gasteiger partial charge < -0.3 is 0 Å². The minimum Gasteiger partial charge on any atom is -0.288 e. The van der Waals surface area contributed by atoms with E-state index in [1.54, 1.807) is 0 Å². The average molecular weight is 473 g/mol. The zero-order valence-electron chi connectivity index (χ0n) is 21.6. The van der Waals surface area contributed by atoms with Crippen LogP contribution in [0.25, 0.3) is 0 Å². The number of hydrogen-bond donors (Lipinski definition) is 0. The van der Waals surface area contributed by atoms with Crippen molar-refractivity contribution in [1.82, 2.24) is 0 Å². The van der Waals surface area contributed by atoms with Crippen molar-refractivity contribution in [2.75, 3.05) is 0 Å². The van der Waals surface area contributed by atoms with E-state index >= 15 is 0 Å². The Kier molecular flexibility index (Phi) is 7.38. The van der Waals surface area contributed by atoms with Crippen molar-refractivity contribution in [3.8, 4) is 0 Å². The molecule has 0 aromatic heterocycles. The molecule has 0 aliphatic heterocycles. The van der Waals surface area contributed by atoms with Crippen LogP contribution in [-0.4, -0.2) is 16.6 Å². The molecule has 4 heteroatoms. The molecule has 0 N–H and O–H groups in total. The molecule has 0 spiro atoms. The van der Waals surface area contributed by atoms with E-state index in [0.717, 1.165) is 50.1 Å². The maximum absolute atomic E-state index is 14.1. The second kappa shape index (κ2) is 9.76. The van der Waals surface area contributed by atoms with Crippen LogP contribution in [0.3, 0.4) is 0 Å². The van der Waals surface area contributed by atoms with Crippen molar-refractivity contribution < 1.29 is 14.4 Å². The van der Waals surface area contributed by atoms with Crippen LogP contribution in [0.5, 0.6) is 0 Å². The highest BCUT2D eigenvalue weighted by molar-refractivity contribution is 8.03. The van der Waals surface area contributed by atoms with E-state index in [1.807, 2.05) is 98.7 Å². The van der Waals surface area contributed by atoms with Gasteiger partial charge in [0.05, 0.1) is 0 Å². The fourth-order valence-electron chi connectivity index (χ4n) is 5.16. The van der Waals surface area contributed by atoms with E-state index < -0.39 is 7.92 Å². The largest absolute Gasteiger partial charge is 0.288 e. The predicted octanol–water partition coefficient (Wildman–Crippen LogP) is 7.77. The van der Waals surface area contributed by atoms with E-state index in [4.69, 9.17) is 0 Å². The lowest BCUT2D eigenvalue weighted by atomic mass is 10.0. The second-order valence-corrected chi connectivity index (χ2v) is 11.5. The van der Waals surface area contributed by atoms with Crippen LogP contribution in [0, 0.1) is 62.3 Å². The van der Waals surface area contributed by atoms with Crippen LogP contribution in [-0.2, 0) is 0 Å². The van der Waals surface area contributed by atoms with Crippen molar-refractivity contribution in [2.45, 2.75) is 62.3 Å². The van der Waals surface area contributed by atoms with Gasteiger partial charge in [-0.25, -0.2) is 0 Å². The molecule has 176 valence electrons. The molecule has 0 atom stereocenters. The van der Waals surface area contributed by atoms with Gasteiger partial charge in [0.25, 0.3) is 0 Å². The highest BCUT2D eigenvalue weighted by atomic mass is 31.1. The normalized spacial score (nSPS) is 11.1. The number of rotatable bonds is 6. The van der Waals surface area contributed by atoms with Gasteiger partial charge in [-0.1, -0.05) is 53.1 Å². The summed E-state index contributed by atoms with van der Waals surface area (Å²) in [7, 11) is -2.32. The first kappa shape index (κ1) is 25.7. The summed E-state index contributed by atoms with van der Waals surface area (Å²) in [6, 6.07) is 11.6. The van der Waals surface area contributed by atoms with Crippen LogP contribution in [0.2, 0.25) is 0 Å². The minimum absolute atomic E-state index is 0.362. The Morgan fingerprint density at radius 3 is 0.765 bits per heavy atom. The molecule has 0 bridgehead atoms. The lowest BCUT2D eigenvalue weighted by Crippen LogP contribution is -2.18. The van der Waals surface area contributed by atoms with Gasteiger partial charge in [0.1, 0.15) is 7.92 Å². The van der Waals surface area contributed by atoms with Crippen molar-refractivity contribution in [2.24, 2.45) is 0 Å². The molecule has 0 heterocycles. The van der Waals surface area contributed by atoms with E-state index in [9.17, 15) is 14.4 Å². The summed E-state index contributed by atoms with van der Waals surface area (Å²) >= 11 is 0. The lowest BCUT2D eigenvalue weighted by molar-refractivity contribution is 0.102. The molecule has 3 nitrogen and oxygen atoms in total. The van der Waals surface area contributed by atoms with Gasteiger partial charge in [0.15, 0.2) is 0 Å². The molecule has 34 heavy (non-hydrogen) atoms.